The van der Waals surface area contributed by atoms with E-state index in [0.717, 1.165) is 37.1 Å². The third kappa shape index (κ3) is 8.72. The topological polar surface area (TPSA) is 88.6 Å². The third-order valence-corrected chi connectivity index (χ3v) is 8.82. The van der Waals surface area contributed by atoms with Gasteiger partial charge in [-0.3, -0.25) is 9.46 Å². The van der Waals surface area contributed by atoms with Gasteiger partial charge in [0.05, 0.1) is 19.4 Å². The van der Waals surface area contributed by atoms with Crippen LogP contribution in [0.1, 0.15) is 59.4 Å². The quantitative estimate of drug-likeness (QED) is 0.333. The van der Waals surface area contributed by atoms with E-state index in [1.165, 1.54) is 0 Å². The number of amides is 3. The summed E-state index contributed by atoms with van der Waals surface area (Å²) in [6.07, 6.45) is 3.50. The van der Waals surface area contributed by atoms with Crippen molar-refractivity contribution in [2.24, 2.45) is 5.92 Å². The molecule has 2 heterocycles. The number of ether oxygens (including phenoxy) is 1. The summed E-state index contributed by atoms with van der Waals surface area (Å²) in [5.74, 6) is 0.504. The van der Waals surface area contributed by atoms with Crippen molar-refractivity contribution < 1.29 is 27.9 Å². The highest BCUT2D eigenvalue weighted by molar-refractivity contribution is 7.53. The fraction of sp³-hybridized carbons (Fsp3) is 0.704. The Labute approximate surface area is 221 Å². The van der Waals surface area contributed by atoms with E-state index in [2.05, 4.69) is 0 Å². The largest absolute Gasteiger partial charge is 0.444 e. The second-order valence-electron chi connectivity index (χ2n) is 10.7. The number of benzene rings is 1. The number of hydrogen-bond acceptors (Lipinski definition) is 6. The highest BCUT2D eigenvalue weighted by Crippen LogP contribution is 2.48. The average molecular weight is 538 g/mol. The number of carbonyl (C=O) groups is 2. The van der Waals surface area contributed by atoms with Crippen molar-refractivity contribution in [3.8, 4) is 0 Å². The Morgan fingerprint density at radius 2 is 1.62 bits per heavy atom. The van der Waals surface area contributed by atoms with Crippen LogP contribution in [-0.4, -0.2) is 79.6 Å². The van der Waals surface area contributed by atoms with Gasteiger partial charge in [-0.25, -0.2) is 9.59 Å². The van der Waals surface area contributed by atoms with E-state index in [-0.39, 0.29) is 12.1 Å². The van der Waals surface area contributed by atoms with Gasteiger partial charge >= 0.3 is 19.7 Å². The van der Waals surface area contributed by atoms with Crippen LogP contribution in [-0.2, 0) is 24.8 Å². The first-order valence-corrected chi connectivity index (χ1v) is 15.3. The number of hydrogen-bond donors (Lipinski definition) is 0. The number of urea groups is 1. The minimum atomic E-state index is -3.07. The van der Waals surface area contributed by atoms with Crippen molar-refractivity contribution in [1.82, 2.24) is 9.80 Å². The van der Waals surface area contributed by atoms with Gasteiger partial charge in [0.25, 0.3) is 0 Å². The van der Waals surface area contributed by atoms with E-state index >= 15 is 0 Å². The minimum Gasteiger partial charge on any atom is -0.444 e. The smallest absolute Gasteiger partial charge is 0.410 e. The maximum absolute atomic E-state index is 13.1. The van der Waals surface area contributed by atoms with Crippen LogP contribution in [0.4, 0.5) is 15.3 Å². The van der Waals surface area contributed by atoms with Gasteiger partial charge in [-0.15, -0.1) is 0 Å². The van der Waals surface area contributed by atoms with Crippen LogP contribution in [0.25, 0.3) is 0 Å². The van der Waals surface area contributed by atoms with Gasteiger partial charge in [-0.2, -0.15) is 0 Å². The zero-order valence-corrected chi connectivity index (χ0v) is 24.0. The number of anilines is 1. The molecule has 37 heavy (non-hydrogen) atoms. The Morgan fingerprint density at radius 3 is 2.19 bits per heavy atom. The maximum Gasteiger partial charge on any atom is 0.410 e. The lowest BCUT2D eigenvalue weighted by molar-refractivity contribution is 0.0179. The molecule has 0 saturated carbocycles. The molecular weight excluding hydrogens is 493 g/mol. The van der Waals surface area contributed by atoms with E-state index in [1.54, 1.807) is 4.90 Å². The third-order valence-electron chi connectivity index (χ3n) is 6.74. The molecule has 1 aromatic rings. The average Bonchev–Trinajstić information content (AvgIpc) is 3.21. The molecule has 0 radical (unpaired) electrons. The molecule has 2 aliphatic rings. The van der Waals surface area contributed by atoms with Crippen molar-refractivity contribution in [1.29, 1.82) is 0 Å². The molecule has 0 unspecified atom stereocenters. The van der Waals surface area contributed by atoms with Gasteiger partial charge in [0.1, 0.15) is 5.60 Å². The van der Waals surface area contributed by atoms with E-state index in [9.17, 15) is 14.2 Å². The number of piperidine rings is 1. The Kier molecular flexibility index (Phi) is 10.4. The molecule has 0 aromatic heterocycles. The van der Waals surface area contributed by atoms with Crippen molar-refractivity contribution in [3.63, 3.8) is 0 Å². The molecule has 2 fully saturated rings. The van der Waals surface area contributed by atoms with Crippen molar-refractivity contribution >= 4 is 25.4 Å². The Balaban J connectivity index is 1.44. The number of nitrogens with zero attached hydrogens (tertiary/aromatic N) is 3. The van der Waals surface area contributed by atoms with E-state index in [1.807, 2.05) is 68.7 Å². The summed E-state index contributed by atoms with van der Waals surface area (Å²) >= 11 is 0. The number of rotatable bonds is 11. The van der Waals surface area contributed by atoms with Crippen LogP contribution in [0.2, 0.25) is 0 Å². The molecule has 0 bridgehead atoms. The molecule has 2 saturated heterocycles. The van der Waals surface area contributed by atoms with Crippen LogP contribution < -0.4 is 4.90 Å². The van der Waals surface area contributed by atoms with Gasteiger partial charge in [0, 0.05) is 38.4 Å². The van der Waals surface area contributed by atoms with Crippen molar-refractivity contribution in [3.05, 3.63) is 29.8 Å². The molecule has 3 rings (SSSR count). The molecule has 1 aromatic carbocycles. The molecule has 9 nitrogen and oxygen atoms in total. The molecule has 0 spiro atoms. The van der Waals surface area contributed by atoms with E-state index in [0.29, 0.717) is 57.9 Å². The minimum absolute atomic E-state index is 0.0381. The monoisotopic (exact) mass is 537 g/mol. The Morgan fingerprint density at radius 1 is 1.00 bits per heavy atom. The van der Waals surface area contributed by atoms with Crippen LogP contribution >= 0.6 is 7.60 Å². The van der Waals surface area contributed by atoms with Crippen LogP contribution in [0.15, 0.2) is 24.3 Å². The Hall–Kier alpha value is -2.09. The van der Waals surface area contributed by atoms with Crippen LogP contribution in [0.3, 0.4) is 0 Å². The predicted molar refractivity (Wildman–Crippen MR) is 145 cm³/mol. The van der Waals surface area contributed by atoms with Gasteiger partial charge in [0.2, 0.25) is 0 Å². The second kappa shape index (κ2) is 13.1. The first-order valence-electron chi connectivity index (χ1n) is 13.5. The molecule has 208 valence electrons. The second-order valence-corrected chi connectivity index (χ2v) is 12.9. The van der Waals surface area contributed by atoms with Gasteiger partial charge in [0.15, 0.2) is 0 Å². The Bertz CT molecular complexity index is 930. The molecule has 10 heteroatoms. The standard InChI is InChI=1S/C27H44N3O6P/c1-6-34-37(33,35-7-2)21-15-22-8-10-24(11-9-22)30-20-19-28(25(30)31)16-12-23-13-17-29(18-14-23)26(32)36-27(3,4)5/h8-11,23H,6-7,12-21H2,1-5H3. The van der Waals surface area contributed by atoms with Gasteiger partial charge in [-0.1, -0.05) is 12.1 Å². The molecular formula is C27H44N3O6P. The predicted octanol–water partition coefficient (Wildman–Crippen LogP) is 5.77. The summed E-state index contributed by atoms with van der Waals surface area (Å²) in [5.41, 5.74) is 1.43. The number of likely N-dealkylation sites (tertiary alicyclic amines) is 1. The lowest BCUT2D eigenvalue weighted by Gasteiger charge is -2.34. The van der Waals surface area contributed by atoms with E-state index in [4.69, 9.17) is 13.8 Å². The maximum atomic E-state index is 13.1. The lowest BCUT2D eigenvalue weighted by Crippen LogP contribution is -2.42. The zero-order chi connectivity index (χ0) is 27.1. The molecule has 0 atom stereocenters. The highest BCUT2D eigenvalue weighted by atomic mass is 31.2. The lowest BCUT2D eigenvalue weighted by atomic mass is 9.93. The summed E-state index contributed by atoms with van der Waals surface area (Å²) in [7, 11) is -3.07. The number of carbonyl (C=O) groups excluding carboxylic acids is 2. The first kappa shape index (κ1) is 29.5. The first-order chi connectivity index (χ1) is 17.5. The van der Waals surface area contributed by atoms with Gasteiger partial charge < -0.3 is 23.6 Å². The van der Waals surface area contributed by atoms with Crippen molar-refractivity contribution in [2.75, 3.05) is 57.0 Å². The normalized spacial score (nSPS) is 17.5. The van der Waals surface area contributed by atoms with Crippen LogP contribution in [0, 0.1) is 5.92 Å². The highest BCUT2D eigenvalue weighted by Gasteiger charge is 2.31. The zero-order valence-electron chi connectivity index (χ0n) is 23.1. The van der Waals surface area contributed by atoms with Crippen LogP contribution in [0.5, 0.6) is 0 Å². The summed E-state index contributed by atoms with van der Waals surface area (Å²) in [6.45, 7) is 13.5. The molecule has 3 amide bonds. The molecule has 2 aliphatic heterocycles. The summed E-state index contributed by atoms with van der Waals surface area (Å²) in [5, 5.41) is 0. The SMILES string of the molecule is CCOP(=O)(CCc1ccc(N2CCN(CCC3CCN(C(=O)OC(C)(C)C)CC3)C2=O)cc1)OCC. The number of aryl methyl sites for hydroxylation is 1. The molecule has 0 aliphatic carbocycles. The van der Waals surface area contributed by atoms with Crippen molar-refractivity contribution in [2.45, 2.75) is 65.9 Å². The fourth-order valence-corrected chi connectivity index (χ4v) is 6.42. The summed E-state index contributed by atoms with van der Waals surface area (Å²) < 4.78 is 28.9. The summed E-state index contributed by atoms with van der Waals surface area (Å²) in [6, 6.07) is 7.90. The fourth-order valence-electron chi connectivity index (χ4n) is 4.77. The molecule has 0 N–H and O–H groups in total. The van der Waals surface area contributed by atoms with E-state index < -0.39 is 13.2 Å². The summed E-state index contributed by atoms with van der Waals surface area (Å²) in [4.78, 5) is 30.9. The van der Waals surface area contributed by atoms with Gasteiger partial charge in [-0.05, 0) is 83.9 Å².